The summed E-state index contributed by atoms with van der Waals surface area (Å²) in [6.07, 6.45) is 3.49. The lowest BCUT2D eigenvalue weighted by Crippen LogP contribution is -2.59. The van der Waals surface area contributed by atoms with Crippen molar-refractivity contribution in [1.29, 1.82) is 0 Å². The molecule has 0 aliphatic heterocycles. The van der Waals surface area contributed by atoms with Crippen LogP contribution in [0.4, 0.5) is 4.79 Å². The van der Waals surface area contributed by atoms with Crippen molar-refractivity contribution in [3.8, 4) is 0 Å². The number of carboxylic acids is 1. The summed E-state index contributed by atoms with van der Waals surface area (Å²) in [5, 5.41) is 14.0. The molecule has 0 radical (unpaired) electrons. The summed E-state index contributed by atoms with van der Waals surface area (Å²) >= 11 is 0. The number of hydrogen-bond donors (Lipinski definition) is 3. The zero-order valence-electron chi connectivity index (χ0n) is 10.1. The van der Waals surface area contributed by atoms with E-state index in [0.717, 1.165) is 19.3 Å². The molecular formula is C11H20N2O4. The first-order valence-electron chi connectivity index (χ1n) is 5.85. The second-order valence-corrected chi connectivity index (χ2v) is 4.45. The minimum atomic E-state index is -0.845. The molecule has 6 heteroatoms. The Hall–Kier alpha value is -1.30. The van der Waals surface area contributed by atoms with Gasteiger partial charge in [-0.3, -0.25) is 4.79 Å². The number of carboxylic acid groups (broad SMARTS) is 1. The number of rotatable bonds is 7. The Bertz CT molecular complexity index is 277. The van der Waals surface area contributed by atoms with Crippen LogP contribution in [-0.2, 0) is 9.53 Å². The molecule has 0 heterocycles. The third-order valence-electron chi connectivity index (χ3n) is 2.96. The molecule has 2 amide bonds. The van der Waals surface area contributed by atoms with Gasteiger partial charge in [0.1, 0.15) is 0 Å². The van der Waals surface area contributed by atoms with Crippen LogP contribution in [0.1, 0.15) is 32.1 Å². The molecule has 1 aliphatic rings. The molecule has 0 unspecified atom stereocenters. The van der Waals surface area contributed by atoms with E-state index in [1.165, 1.54) is 0 Å². The molecule has 0 saturated heterocycles. The van der Waals surface area contributed by atoms with E-state index in [2.05, 4.69) is 10.6 Å². The fourth-order valence-electron chi connectivity index (χ4n) is 1.91. The molecule has 3 N–H and O–H groups in total. The van der Waals surface area contributed by atoms with Crippen LogP contribution in [-0.4, -0.2) is 42.9 Å². The Kier molecular flexibility index (Phi) is 5.21. The average molecular weight is 244 g/mol. The van der Waals surface area contributed by atoms with Gasteiger partial charge in [0.15, 0.2) is 0 Å². The second kappa shape index (κ2) is 6.44. The van der Waals surface area contributed by atoms with E-state index >= 15 is 0 Å². The topological polar surface area (TPSA) is 87.7 Å². The first kappa shape index (κ1) is 13.8. The number of ether oxygens (including phenoxy) is 1. The molecule has 0 bridgehead atoms. The van der Waals surface area contributed by atoms with Crippen LogP contribution in [0.25, 0.3) is 0 Å². The predicted molar refractivity (Wildman–Crippen MR) is 61.9 cm³/mol. The van der Waals surface area contributed by atoms with Crippen LogP contribution in [0, 0.1) is 0 Å². The monoisotopic (exact) mass is 244 g/mol. The summed E-state index contributed by atoms with van der Waals surface area (Å²) in [6.45, 7) is 0.900. The number of carbonyl (C=O) groups is 2. The van der Waals surface area contributed by atoms with E-state index in [4.69, 9.17) is 9.84 Å². The number of methoxy groups -OCH3 is 1. The average Bonchev–Trinajstić information content (AvgIpc) is 2.21. The van der Waals surface area contributed by atoms with Crippen molar-refractivity contribution in [3.05, 3.63) is 0 Å². The molecule has 1 rings (SSSR count). The minimum absolute atomic E-state index is 0.0729. The molecule has 98 valence electrons. The van der Waals surface area contributed by atoms with E-state index in [1.807, 2.05) is 0 Å². The van der Waals surface area contributed by atoms with Gasteiger partial charge >= 0.3 is 12.0 Å². The molecule has 1 aliphatic carbocycles. The highest BCUT2D eigenvalue weighted by Gasteiger charge is 2.38. The Balaban J connectivity index is 2.17. The molecule has 0 atom stereocenters. The van der Waals surface area contributed by atoms with Gasteiger partial charge in [0.05, 0.1) is 12.1 Å². The minimum Gasteiger partial charge on any atom is -0.481 e. The van der Waals surface area contributed by atoms with Crippen molar-refractivity contribution in [1.82, 2.24) is 10.6 Å². The van der Waals surface area contributed by atoms with E-state index in [9.17, 15) is 9.59 Å². The van der Waals surface area contributed by atoms with Crippen LogP contribution in [0.5, 0.6) is 0 Å². The van der Waals surface area contributed by atoms with Gasteiger partial charge in [0.2, 0.25) is 0 Å². The van der Waals surface area contributed by atoms with Gasteiger partial charge in [-0.25, -0.2) is 4.79 Å². The normalized spacial score (nSPS) is 17.0. The van der Waals surface area contributed by atoms with Gasteiger partial charge < -0.3 is 20.5 Å². The Morgan fingerprint density at radius 1 is 1.41 bits per heavy atom. The van der Waals surface area contributed by atoms with Crippen LogP contribution in [0.3, 0.4) is 0 Å². The van der Waals surface area contributed by atoms with Gasteiger partial charge in [0, 0.05) is 20.1 Å². The summed E-state index contributed by atoms with van der Waals surface area (Å²) in [6, 6.07) is -0.243. The molecule has 6 nitrogen and oxygen atoms in total. The fourth-order valence-corrected chi connectivity index (χ4v) is 1.91. The lowest BCUT2D eigenvalue weighted by atomic mass is 9.77. The number of hydrogen-bond acceptors (Lipinski definition) is 3. The van der Waals surface area contributed by atoms with Crippen LogP contribution >= 0.6 is 0 Å². The number of carbonyl (C=O) groups excluding carboxylic acids is 1. The quantitative estimate of drug-likeness (QED) is 0.576. The standard InChI is InChI=1S/C11H20N2O4/c1-17-8-11(5-3-6-11)13-10(16)12-7-2-4-9(14)15/h2-8H2,1H3,(H,14,15)(H2,12,13,16). The van der Waals surface area contributed by atoms with Crippen molar-refractivity contribution in [2.75, 3.05) is 20.3 Å². The van der Waals surface area contributed by atoms with E-state index in [0.29, 0.717) is 19.6 Å². The third kappa shape index (κ3) is 4.60. The highest BCUT2D eigenvalue weighted by molar-refractivity contribution is 5.75. The summed E-state index contributed by atoms with van der Waals surface area (Å²) in [5.74, 6) is -0.845. The van der Waals surface area contributed by atoms with Crippen molar-refractivity contribution < 1.29 is 19.4 Å². The van der Waals surface area contributed by atoms with Crippen molar-refractivity contribution in [2.24, 2.45) is 0 Å². The van der Waals surface area contributed by atoms with Crippen LogP contribution in [0.15, 0.2) is 0 Å². The molecule has 0 aromatic carbocycles. The lowest BCUT2D eigenvalue weighted by molar-refractivity contribution is -0.137. The summed E-state index contributed by atoms with van der Waals surface area (Å²) in [5.41, 5.74) is -0.217. The first-order chi connectivity index (χ1) is 8.08. The molecule has 0 spiro atoms. The number of nitrogens with one attached hydrogen (secondary N) is 2. The molecule has 0 aromatic rings. The second-order valence-electron chi connectivity index (χ2n) is 4.45. The summed E-state index contributed by atoms with van der Waals surface area (Å²) < 4.78 is 5.09. The van der Waals surface area contributed by atoms with Crippen molar-refractivity contribution in [3.63, 3.8) is 0 Å². The molecule has 1 fully saturated rings. The van der Waals surface area contributed by atoms with Gasteiger partial charge in [0.25, 0.3) is 0 Å². The Labute approximate surface area is 101 Å². The zero-order valence-corrected chi connectivity index (χ0v) is 10.1. The Morgan fingerprint density at radius 3 is 2.59 bits per heavy atom. The van der Waals surface area contributed by atoms with Gasteiger partial charge in [-0.2, -0.15) is 0 Å². The van der Waals surface area contributed by atoms with Crippen LogP contribution in [0.2, 0.25) is 0 Å². The predicted octanol–water partition coefficient (Wildman–Crippen LogP) is 0.719. The molecule has 0 aromatic heterocycles. The largest absolute Gasteiger partial charge is 0.481 e. The highest BCUT2D eigenvalue weighted by atomic mass is 16.5. The smallest absolute Gasteiger partial charge is 0.315 e. The number of urea groups is 1. The Morgan fingerprint density at radius 2 is 2.12 bits per heavy atom. The maximum absolute atomic E-state index is 11.5. The van der Waals surface area contributed by atoms with Crippen LogP contribution < -0.4 is 10.6 Å². The summed E-state index contributed by atoms with van der Waals surface area (Å²) in [7, 11) is 1.62. The summed E-state index contributed by atoms with van der Waals surface area (Å²) in [4.78, 5) is 21.8. The van der Waals surface area contributed by atoms with Crippen molar-refractivity contribution >= 4 is 12.0 Å². The lowest BCUT2D eigenvalue weighted by Gasteiger charge is -2.41. The maximum atomic E-state index is 11.5. The SMILES string of the molecule is COCC1(NC(=O)NCCCC(=O)O)CCC1. The molecular weight excluding hydrogens is 224 g/mol. The van der Waals surface area contributed by atoms with Gasteiger partial charge in [-0.1, -0.05) is 0 Å². The fraction of sp³-hybridized carbons (Fsp3) is 0.818. The van der Waals surface area contributed by atoms with Gasteiger partial charge in [-0.15, -0.1) is 0 Å². The first-order valence-corrected chi connectivity index (χ1v) is 5.85. The van der Waals surface area contributed by atoms with E-state index < -0.39 is 5.97 Å². The zero-order chi connectivity index (χ0) is 12.7. The molecule has 17 heavy (non-hydrogen) atoms. The van der Waals surface area contributed by atoms with E-state index in [1.54, 1.807) is 7.11 Å². The third-order valence-corrected chi connectivity index (χ3v) is 2.96. The number of aliphatic carboxylic acids is 1. The molecule has 1 saturated carbocycles. The van der Waals surface area contributed by atoms with E-state index in [-0.39, 0.29) is 18.0 Å². The number of amides is 2. The van der Waals surface area contributed by atoms with Crippen molar-refractivity contribution in [2.45, 2.75) is 37.6 Å². The maximum Gasteiger partial charge on any atom is 0.315 e. The van der Waals surface area contributed by atoms with Gasteiger partial charge in [-0.05, 0) is 25.7 Å². The highest BCUT2D eigenvalue weighted by Crippen LogP contribution is 2.31.